The third-order valence-electron chi connectivity index (χ3n) is 3.43. The third-order valence-corrected chi connectivity index (χ3v) is 3.43. The van der Waals surface area contributed by atoms with E-state index in [-0.39, 0.29) is 5.91 Å². The fourth-order valence-corrected chi connectivity index (χ4v) is 2.32. The van der Waals surface area contributed by atoms with Gasteiger partial charge in [0.25, 0.3) is 0 Å². The Morgan fingerprint density at radius 1 is 1.35 bits per heavy atom. The van der Waals surface area contributed by atoms with E-state index in [1.807, 2.05) is 6.07 Å². The number of aromatic nitrogens is 2. The number of anilines is 1. The molecule has 0 saturated carbocycles. The number of likely N-dealkylation sites (tertiary alicyclic amines) is 1. The highest BCUT2D eigenvalue weighted by atomic mass is 16.2. The lowest BCUT2D eigenvalue weighted by Crippen LogP contribution is -2.44. The lowest BCUT2D eigenvalue weighted by atomic mass is 10.1. The van der Waals surface area contributed by atoms with Crippen molar-refractivity contribution in [2.24, 2.45) is 0 Å². The predicted molar refractivity (Wildman–Crippen MR) is 78.4 cm³/mol. The van der Waals surface area contributed by atoms with Crippen molar-refractivity contribution in [3.63, 3.8) is 0 Å². The van der Waals surface area contributed by atoms with Gasteiger partial charge in [-0.15, -0.1) is 0 Å². The van der Waals surface area contributed by atoms with Crippen molar-refractivity contribution in [3.8, 4) is 0 Å². The second-order valence-electron chi connectivity index (χ2n) is 5.12. The number of carbonyl (C=O) groups excluding carboxylic acids is 1. The normalized spacial score (nSPS) is 16.9. The fraction of sp³-hybridized carbons (Fsp3) is 0.643. The van der Waals surface area contributed by atoms with Gasteiger partial charge in [-0.1, -0.05) is 6.92 Å². The van der Waals surface area contributed by atoms with Gasteiger partial charge in [0.2, 0.25) is 11.9 Å². The minimum atomic E-state index is 0.129. The summed E-state index contributed by atoms with van der Waals surface area (Å²) in [4.78, 5) is 22.2. The number of nitrogens with zero attached hydrogens (tertiary/aromatic N) is 3. The van der Waals surface area contributed by atoms with E-state index in [0.717, 1.165) is 38.9 Å². The Hall–Kier alpha value is -1.69. The van der Waals surface area contributed by atoms with Crippen molar-refractivity contribution >= 4 is 11.9 Å². The third kappa shape index (κ3) is 4.77. The Bertz CT molecular complexity index is 403. The summed E-state index contributed by atoms with van der Waals surface area (Å²) in [7, 11) is 0. The number of nitrogens with one attached hydrogen (secondary N) is 2. The van der Waals surface area contributed by atoms with Crippen molar-refractivity contribution in [3.05, 3.63) is 18.5 Å². The first-order chi connectivity index (χ1) is 9.78. The number of hydrogen-bond acceptors (Lipinski definition) is 5. The zero-order valence-electron chi connectivity index (χ0n) is 12.0. The quantitative estimate of drug-likeness (QED) is 0.808. The largest absolute Gasteiger partial charge is 0.355 e. The molecule has 2 rings (SSSR count). The van der Waals surface area contributed by atoms with Gasteiger partial charge < -0.3 is 10.6 Å². The van der Waals surface area contributed by atoms with Gasteiger partial charge >= 0.3 is 0 Å². The molecule has 20 heavy (non-hydrogen) atoms. The minimum absolute atomic E-state index is 0.129. The van der Waals surface area contributed by atoms with Gasteiger partial charge in [-0.3, -0.25) is 9.69 Å². The van der Waals surface area contributed by atoms with Crippen LogP contribution in [0.5, 0.6) is 0 Å². The monoisotopic (exact) mass is 277 g/mol. The van der Waals surface area contributed by atoms with E-state index >= 15 is 0 Å². The Morgan fingerprint density at radius 2 is 2.05 bits per heavy atom. The average Bonchev–Trinajstić information content (AvgIpc) is 2.48. The number of amides is 1. The fourth-order valence-electron chi connectivity index (χ4n) is 2.32. The van der Waals surface area contributed by atoms with Crippen LogP contribution in [-0.4, -0.2) is 53.0 Å². The molecule has 6 heteroatoms. The van der Waals surface area contributed by atoms with Crippen molar-refractivity contribution in [1.29, 1.82) is 0 Å². The number of rotatable bonds is 6. The summed E-state index contributed by atoms with van der Waals surface area (Å²) in [5.74, 6) is 0.816. The van der Waals surface area contributed by atoms with Crippen LogP contribution in [0.1, 0.15) is 26.2 Å². The zero-order valence-corrected chi connectivity index (χ0v) is 12.0. The molecular formula is C14H23N5O. The summed E-state index contributed by atoms with van der Waals surface area (Å²) < 4.78 is 0. The van der Waals surface area contributed by atoms with Crippen LogP contribution >= 0.6 is 0 Å². The second-order valence-corrected chi connectivity index (χ2v) is 5.12. The summed E-state index contributed by atoms with van der Waals surface area (Å²) >= 11 is 0. The van der Waals surface area contributed by atoms with E-state index in [1.54, 1.807) is 12.4 Å². The molecule has 0 radical (unpaired) electrons. The Balaban J connectivity index is 1.68. The highest BCUT2D eigenvalue weighted by Crippen LogP contribution is 2.13. The highest BCUT2D eigenvalue weighted by molar-refractivity contribution is 5.77. The summed E-state index contributed by atoms with van der Waals surface area (Å²) in [5.41, 5.74) is 0. The molecule has 2 N–H and O–H groups in total. The average molecular weight is 277 g/mol. The molecular weight excluding hydrogens is 254 g/mol. The summed E-state index contributed by atoms with van der Waals surface area (Å²) in [6, 6.07) is 2.20. The van der Waals surface area contributed by atoms with Gasteiger partial charge in [0, 0.05) is 38.1 Å². The van der Waals surface area contributed by atoms with Gasteiger partial charge in [-0.05, 0) is 25.3 Å². The van der Waals surface area contributed by atoms with Gasteiger partial charge in [-0.2, -0.15) is 0 Å². The van der Waals surface area contributed by atoms with Crippen molar-refractivity contribution < 1.29 is 4.79 Å². The zero-order chi connectivity index (χ0) is 14.2. The molecule has 1 aromatic heterocycles. The summed E-state index contributed by atoms with van der Waals surface area (Å²) in [6.45, 7) is 5.20. The first-order valence-electron chi connectivity index (χ1n) is 7.30. The van der Waals surface area contributed by atoms with E-state index in [1.165, 1.54) is 0 Å². The number of hydrogen-bond donors (Lipinski definition) is 2. The lowest BCUT2D eigenvalue weighted by Gasteiger charge is -2.31. The molecule has 6 nitrogen and oxygen atoms in total. The van der Waals surface area contributed by atoms with Crippen LogP contribution in [0.3, 0.4) is 0 Å². The van der Waals surface area contributed by atoms with Crippen molar-refractivity contribution in [2.75, 3.05) is 31.5 Å². The van der Waals surface area contributed by atoms with E-state index in [4.69, 9.17) is 0 Å². The van der Waals surface area contributed by atoms with E-state index < -0.39 is 0 Å². The summed E-state index contributed by atoms with van der Waals surface area (Å²) in [5, 5.41) is 6.25. The summed E-state index contributed by atoms with van der Waals surface area (Å²) in [6.07, 6.45) is 6.48. The molecule has 1 saturated heterocycles. The maximum atomic E-state index is 11.7. The van der Waals surface area contributed by atoms with Crippen LogP contribution < -0.4 is 10.6 Å². The highest BCUT2D eigenvalue weighted by Gasteiger charge is 2.20. The molecule has 1 aliphatic rings. The molecule has 110 valence electrons. The molecule has 1 aliphatic heterocycles. The van der Waals surface area contributed by atoms with Crippen LogP contribution in [0.2, 0.25) is 0 Å². The minimum Gasteiger partial charge on any atom is -0.355 e. The van der Waals surface area contributed by atoms with Crippen LogP contribution in [-0.2, 0) is 4.79 Å². The van der Waals surface area contributed by atoms with Gasteiger partial charge in [0.05, 0.1) is 6.54 Å². The SMILES string of the molecule is CCCNC(=O)CN1CCC(Nc2ncccn2)CC1. The maximum absolute atomic E-state index is 11.7. The Labute approximate surface area is 120 Å². The molecule has 0 bridgehead atoms. The first kappa shape index (κ1) is 14.7. The van der Waals surface area contributed by atoms with E-state index in [2.05, 4.69) is 32.4 Å². The second kappa shape index (κ2) is 7.79. The molecule has 0 spiro atoms. The van der Waals surface area contributed by atoms with Crippen LogP contribution in [0.15, 0.2) is 18.5 Å². The molecule has 2 heterocycles. The lowest BCUT2D eigenvalue weighted by molar-refractivity contribution is -0.122. The molecule has 1 fully saturated rings. The molecule has 0 aliphatic carbocycles. The van der Waals surface area contributed by atoms with Gasteiger partial charge in [0.15, 0.2) is 0 Å². The number of piperidine rings is 1. The molecule has 0 unspecified atom stereocenters. The molecule has 0 aromatic carbocycles. The number of carbonyl (C=O) groups is 1. The first-order valence-corrected chi connectivity index (χ1v) is 7.30. The smallest absolute Gasteiger partial charge is 0.234 e. The van der Waals surface area contributed by atoms with Gasteiger partial charge in [0.1, 0.15) is 0 Å². The molecule has 1 amide bonds. The molecule has 0 atom stereocenters. The van der Waals surface area contributed by atoms with Gasteiger partial charge in [-0.25, -0.2) is 9.97 Å². The predicted octanol–water partition coefficient (Wildman–Crippen LogP) is 0.879. The topological polar surface area (TPSA) is 70.2 Å². The van der Waals surface area contributed by atoms with Crippen LogP contribution in [0.4, 0.5) is 5.95 Å². The van der Waals surface area contributed by atoms with Crippen molar-refractivity contribution in [1.82, 2.24) is 20.2 Å². The van der Waals surface area contributed by atoms with Crippen LogP contribution in [0.25, 0.3) is 0 Å². The van der Waals surface area contributed by atoms with E-state index in [0.29, 0.717) is 18.5 Å². The van der Waals surface area contributed by atoms with Crippen molar-refractivity contribution in [2.45, 2.75) is 32.2 Å². The Morgan fingerprint density at radius 3 is 2.70 bits per heavy atom. The van der Waals surface area contributed by atoms with E-state index in [9.17, 15) is 4.79 Å². The standard InChI is InChI=1S/C14H23N5O/c1-2-6-15-13(20)11-19-9-4-12(5-10-19)18-14-16-7-3-8-17-14/h3,7-8,12H,2,4-6,9-11H2,1H3,(H,15,20)(H,16,17,18). The maximum Gasteiger partial charge on any atom is 0.234 e. The van der Waals surface area contributed by atoms with Crippen LogP contribution in [0, 0.1) is 0 Å². The Kier molecular flexibility index (Phi) is 5.73. The molecule has 1 aromatic rings.